The Morgan fingerprint density at radius 1 is 1.07 bits per heavy atom. The first-order valence-electron chi connectivity index (χ1n) is 9.54. The van der Waals surface area contributed by atoms with E-state index in [1.165, 1.54) is 27.5 Å². The van der Waals surface area contributed by atoms with Gasteiger partial charge in [-0.15, -0.1) is 11.3 Å². The number of hydrogen-bond donors (Lipinski definition) is 2. The second-order valence-corrected chi connectivity index (χ2v) is 10.0. The monoisotopic (exact) mass is 443 g/mol. The zero-order valence-corrected chi connectivity index (χ0v) is 18.4. The first-order valence-corrected chi connectivity index (χ1v) is 11.9. The maximum Gasteiger partial charge on any atom is 0.238 e. The minimum Gasteiger partial charge on any atom is -0.325 e. The number of rotatable bonds is 9. The maximum absolute atomic E-state index is 12.7. The smallest absolute Gasteiger partial charge is 0.238 e. The molecular weight excluding hydrogens is 418 g/mol. The Bertz CT molecular complexity index is 1100. The summed E-state index contributed by atoms with van der Waals surface area (Å²) in [5, 5.41) is 7.95. The van der Waals surface area contributed by atoms with Crippen molar-refractivity contribution in [3.63, 3.8) is 0 Å². The van der Waals surface area contributed by atoms with E-state index in [2.05, 4.69) is 41.4 Å². The number of aryl methyl sites for hydroxylation is 1. The Labute approximate surface area is 181 Å². The highest BCUT2D eigenvalue weighted by atomic mass is 32.2. The number of carbonyl (C=O) groups is 1. The van der Waals surface area contributed by atoms with Crippen LogP contribution in [0.1, 0.15) is 15.3 Å². The van der Waals surface area contributed by atoms with Gasteiger partial charge in [0.25, 0.3) is 0 Å². The molecule has 3 N–H and O–H groups in total. The molecule has 6 nitrogen and oxygen atoms in total. The normalized spacial score (nSPS) is 11.6. The van der Waals surface area contributed by atoms with Gasteiger partial charge in [-0.25, -0.2) is 13.6 Å². The molecule has 30 heavy (non-hydrogen) atoms. The molecule has 0 aliphatic rings. The van der Waals surface area contributed by atoms with Crippen molar-refractivity contribution >= 4 is 33.0 Å². The molecule has 1 heterocycles. The third-order valence-corrected chi connectivity index (χ3v) is 6.44. The van der Waals surface area contributed by atoms with Gasteiger partial charge in [-0.1, -0.05) is 36.4 Å². The molecule has 0 radical (unpaired) electrons. The number of nitrogens with two attached hydrogens (primary N) is 1. The molecule has 158 valence electrons. The fraction of sp³-hybridized carbons (Fsp3) is 0.227. The van der Waals surface area contributed by atoms with Gasteiger partial charge in [0.15, 0.2) is 0 Å². The predicted molar refractivity (Wildman–Crippen MR) is 121 cm³/mol. The second kappa shape index (κ2) is 9.99. The van der Waals surface area contributed by atoms with Crippen LogP contribution in [-0.4, -0.2) is 32.3 Å². The molecule has 3 rings (SSSR count). The predicted octanol–water partition coefficient (Wildman–Crippen LogP) is 3.39. The van der Waals surface area contributed by atoms with Gasteiger partial charge < -0.3 is 5.32 Å². The third-order valence-electron chi connectivity index (χ3n) is 4.55. The average molecular weight is 444 g/mol. The Kier molecular flexibility index (Phi) is 7.38. The molecule has 2 aromatic carbocycles. The Hall–Kier alpha value is -2.52. The summed E-state index contributed by atoms with van der Waals surface area (Å²) in [4.78, 5) is 17.2. The van der Waals surface area contributed by atoms with E-state index in [9.17, 15) is 13.2 Å². The summed E-state index contributed by atoms with van der Waals surface area (Å²) in [5.74, 6) is -0.206. The third kappa shape index (κ3) is 6.77. The highest BCUT2D eigenvalue weighted by Crippen LogP contribution is 2.18. The van der Waals surface area contributed by atoms with Gasteiger partial charge in [-0.05, 0) is 49.2 Å². The lowest BCUT2D eigenvalue weighted by molar-refractivity contribution is -0.117. The van der Waals surface area contributed by atoms with E-state index in [0.29, 0.717) is 12.2 Å². The quantitative estimate of drug-likeness (QED) is 0.530. The Morgan fingerprint density at radius 3 is 2.50 bits per heavy atom. The van der Waals surface area contributed by atoms with Crippen molar-refractivity contribution in [2.45, 2.75) is 24.8 Å². The van der Waals surface area contributed by atoms with Gasteiger partial charge in [0.05, 0.1) is 11.4 Å². The van der Waals surface area contributed by atoms with Crippen molar-refractivity contribution in [2.75, 3.05) is 18.4 Å². The topological polar surface area (TPSA) is 92.5 Å². The highest BCUT2D eigenvalue weighted by molar-refractivity contribution is 7.89. The molecule has 1 aromatic heterocycles. The molecule has 0 spiro atoms. The van der Waals surface area contributed by atoms with E-state index >= 15 is 0 Å². The number of primary sulfonamides is 1. The summed E-state index contributed by atoms with van der Waals surface area (Å²) < 4.78 is 23.1. The number of thiophene rings is 1. The van der Waals surface area contributed by atoms with E-state index in [4.69, 9.17) is 5.14 Å². The van der Waals surface area contributed by atoms with Crippen LogP contribution in [0, 0.1) is 6.92 Å². The van der Waals surface area contributed by atoms with Gasteiger partial charge in [-0.3, -0.25) is 9.69 Å². The molecule has 0 aliphatic carbocycles. The van der Waals surface area contributed by atoms with Crippen LogP contribution in [0.3, 0.4) is 0 Å². The van der Waals surface area contributed by atoms with Crippen molar-refractivity contribution in [1.82, 2.24) is 4.90 Å². The van der Waals surface area contributed by atoms with Crippen LogP contribution in [0.15, 0.2) is 71.6 Å². The lowest BCUT2D eigenvalue weighted by atomic mass is 10.1. The number of anilines is 1. The van der Waals surface area contributed by atoms with Gasteiger partial charge in [0.1, 0.15) is 0 Å². The number of benzene rings is 2. The molecule has 0 aliphatic heterocycles. The molecule has 0 saturated carbocycles. The lowest BCUT2D eigenvalue weighted by Gasteiger charge is -2.21. The Morgan fingerprint density at radius 2 is 1.83 bits per heavy atom. The number of carbonyl (C=O) groups excluding carboxylic acids is 1. The fourth-order valence-corrected chi connectivity index (χ4v) is 4.58. The number of amides is 1. The first-order chi connectivity index (χ1) is 14.3. The molecular formula is C22H25N3O3S2. The van der Waals surface area contributed by atoms with Crippen LogP contribution in [0.2, 0.25) is 0 Å². The van der Waals surface area contributed by atoms with Crippen molar-refractivity contribution in [1.29, 1.82) is 0 Å². The molecule has 0 fully saturated rings. The SMILES string of the molecule is Cc1ccc(CN(CCc2ccccc2)CC(=O)Nc2cccc(S(N)(=O)=O)c2)s1. The van der Waals surface area contributed by atoms with Crippen LogP contribution in [0.5, 0.6) is 0 Å². The van der Waals surface area contributed by atoms with Crippen molar-refractivity contribution in [2.24, 2.45) is 5.14 Å². The van der Waals surface area contributed by atoms with Gasteiger partial charge in [0, 0.05) is 28.5 Å². The molecule has 0 unspecified atom stereocenters. The summed E-state index contributed by atoms with van der Waals surface area (Å²) in [6, 6.07) is 20.3. The zero-order valence-electron chi connectivity index (χ0n) is 16.7. The largest absolute Gasteiger partial charge is 0.325 e. The van der Waals surface area contributed by atoms with E-state index in [1.54, 1.807) is 23.5 Å². The van der Waals surface area contributed by atoms with E-state index in [-0.39, 0.29) is 17.3 Å². The number of sulfonamides is 1. The van der Waals surface area contributed by atoms with Crippen LogP contribution in [0.25, 0.3) is 0 Å². The summed E-state index contributed by atoms with van der Waals surface area (Å²) in [5.41, 5.74) is 1.62. The average Bonchev–Trinajstić information content (AvgIpc) is 3.11. The van der Waals surface area contributed by atoms with Crippen molar-refractivity contribution < 1.29 is 13.2 Å². The summed E-state index contributed by atoms with van der Waals surface area (Å²) in [6.07, 6.45) is 0.833. The number of hydrogen-bond acceptors (Lipinski definition) is 5. The molecule has 8 heteroatoms. The minimum atomic E-state index is -3.82. The Balaban J connectivity index is 1.67. The summed E-state index contributed by atoms with van der Waals surface area (Å²) in [7, 11) is -3.82. The van der Waals surface area contributed by atoms with Gasteiger partial charge >= 0.3 is 0 Å². The van der Waals surface area contributed by atoms with Gasteiger partial charge in [-0.2, -0.15) is 0 Å². The lowest BCUT2D eigenvalue weighted by Crippen LogP contribution is -2.34. The van der Waals surface area contributed by atoms with Crippen LogP contribution in [-0.2, 0) is 27.8 Å². The van der Waals surface area contributed by atoms with Gasteiger partial charge in [0.2, 0.25) is 15.9 Å². The minimum absolute atomic E-state index is 0.0321. The summed E-state index contributed by atoms with van der Waals surface area (Å²) >= 11 is 1.72. The summed E-state index contributed by atoms with van der Waals surface area (Å²) in [6.45, 7) is 3.67. The number of nitrogens with one attached hydrogen (secondary N) is 1. The van der Waals surface area contributed by atoms with E-state index in [0.717, 1.165) is 13.0 Å². The maximum atomic E-state index is 12.7. The molecule has 3 aromatic rings. The zero-order chi connectivity index (χ0) is 21.6. The highest BCUT2D eigenvalue weighted by Gasteiger charge is 2.14. The van der Waals surface area contributed by atoms with Crippen molar-refractivity contribution in [3.05, 3.63) is 82.0 Å². The first kappa shape index (κ1) is 22.2. The van der Waals surface area contributed by atoms with E-state index < -0.39 is 10.0 Å². The standard InChI is InChI=1S/C22H25N3O3S2/c1-17-10-11-20(29-17)15-25(13-12-18-6-3-2-4-7-18)16-22(26)24-19-8-5-9-21(14-19)30(23,27)28/h2-11,14H,12-13,15-16H2,1H3,(H,24,26)(H2,23,27,28). The molecule has 0 bridgehead atoms. The fourth-order valence-electron chi connectivity index (χ4n) is 3.09. The van der Waals surface area contributed by atoms with Crippen molar-refractivity contribution in [3.8, 4) is 0 Å². The second-order valence-electron chi connectivity index (χ2n) is 7.08. The molecule has 0 atom stereocenters. The molecule has 1 amide bonds. The van der Waals surface area contributed by atoms with Crippen LogP contribution < -0.4 is 10.5 Å². The number of nitrogens with zero attached hydrogens (tertiary/aromatic N) is 1. The van der Waals surface area contributed by atoms with Crippen LogP contribution in [0.4, 0.5) is 5.69 Å². The van der Waals surface area contributed by atoms with Crippen LogP contribution >= 0.6 is 11.3 Å². The molecule has 0 saturated heterocycles. The van der Waals surface area contributed by atoms with E-state index in [1.807, 2.05) is 18.2 Å².